The molecule has 3 aromatic rings. The van der Waals surface area contributed by atoms with Crippen LogP contribution in [0, 0.1) is 0 Å². The molecule has 0 saturated heterocycles. The van der Waals surface area contributed by atoms with Crippen molar-refractivity contribution in [3.05, 3.63) is 48.7 Å². The van der Waals surface area contributed by atoms with E-state index in [1.807, 2.05) is 30.3 Å². The van der Waals surface area contributed by atoms with Gasteiger partial charge >= 0.3 is 0 Å². The van der Waals surface area contributed by atoms with Crippen LogP contribution in [0.1, 0.15) is 0 Å². The molecule has 3 rings (SSSR count). The molecular weight excluding hydrogens is 272 g/mol. The lowest BCUT2D eigenvalue weighted by Crippen LogP contribution is -1.84. The van der Waals surface area contributed by atoms with Crippen LogP contribution in [0.2, 0.25) is 0 Å². The van der Waals surface area contributed by atoms with Gasteiger partial charge in [0.2, 0.25) is 5.82 Å². The first-order valence-corrected chi connectivity index (χ1v) is 6.21. The number of nitrogens with zero attached hydrogens (tertiary/aromatic N) is 4. The number of rotatable bonds is 3. The highest BCUT2D eigenvalue weighted by Gasteiger charge is 2.10. The Hall–Kier alpha value is -2.69. The lowest BCUT2D eigenvalue weighted by Gasteiger charge is -1.94. The minimum Gasteiger partial charge on any atom is -0.334 e. The number of pyridine rings is 1. The van der Waals surface area contributed by atoms with Crippen molar-refractivity contribution in [1.82, 2.24) is 15.1 Å². The van der Waals surface area contributed by atoms with Gasteiger partial charge in [-0.05, 0) is 48.6 Å². The molecule has 0 atom stereocenters. The van der Waals surface area contributed by atoms with Crippen molar-refractivity contribution < 1.29 is 4.52 Å². The van der Waals surface area contributed by atoms with E-state index in [-0.39, 0.29) is 0 Å². The highest BCUT2D eigenvalue weighted by molar-refractivity contribution is 7.78. The molecule has 20 heavy (non-hydrogen) atoms. The first-order valence-electron chi connectivity index (χ1n) is 5.80. The number of isothiocyanates is 1. The van der Waals surface area contributed by atoms with Gasteiger partial charge < -0.3 is 4.52 Å². The van der Waals surface area contributed by atoms with Crippen molar-refractivity contribution in [3.63, 3.8) is 0 Å². The molecule has 0 spiro atoms. The van der Waals surface area contributed by atoms with Crippen LogP contribution in [0.3, 0.4) is 0 Å². The maximum atomic E-state index is 5.24. The molecule has 0 aliphatic rings. The van der Waals surface area contributed by atoms with Crippen LogP contribution in [-0.2, 0) is 0 Å². The molecule has 96 valence electrons. The second-order valence-electron chi connectivity index (χ2n) is 3.89. The summed E-state index contributed by atoms with van der Waals surface area (Å²) in [5.41, 5.74) is 2.21. The summed E-state index contributed by atoms with van der Waals surface area (Å²) < 4.78 is 5.24. The van der Waals surface area contributed by atoms with Crippen molar-refractivity contribution >= 4 is 23.1 Å². The Morgan fingerprint density at radius 2 is 1.95 bits per heavy atom. The van der Waals surface area contributed by atoms with Gasteiger partial charge in [0.25, 0.3) is 5.89 Å². The Morgan fingerprint density at radius 1 is 1.10 bits per heavy atom. The van der Waals surface area contributed by atoms with E-state index < -0.39 is 0 Å². The number of aromatic nitrogens is 3. The Labute approximate surface area is 120 Å². The minimum absolute atomic E-state index is 0.434. The van der Waals surface area contributed by atoms with Crippen molar-refractivity contribution in [2.75, 3.05) is 0 Å². The van der Waals surface area contributed by atoms with Crippen LogP contribution in [0.5, 0.6) is 0 Å². The van der Waals surface area contributed by atoms with Gasteiger partial charge in [-0.3, -0.25) is 4.98 Å². The first-order chi connectivity index (χ1) is 9.86. The topological polar surface area (TPSA) is 64.2 Å². The summed E-state index contributed by atoms with van der Waals surface area (Å²) in [6.07, 6.45) is 1.68. The summed E-state index contributed by atoms with van der Waals surface area (Å²) >= 11 is 4.55. The number of aliphatic imine (C=N–C) groups is 1. The molecule has 0 amide bonds. The molecule has 0 saturated carbocycles. The third kappa shape index (κ3) is 2.51. The standard InChI is InChI=1S/C14H8N4OS/c20-9-16-11-6-4-10(5-7-11)14-17-13(18-19-14)12-3-1-2-8-15-12/h1-8H. The van der Waals surface area contributed by atoms with E-state index in [2.05, 4.69) is 37.5 Å². The lowest BCUT2D eigenvalue weighted by atomic mass is 10.2. The van der Waals surface area contributed by atoms with Crippen LogP contribution in [-0.4, -0.2) is 20.3 Å². The Kier molecular flexibility index (Phi) is 3.41. The second kappa shape index (κ2) is 5.52. The average molecular weight is 280 g/mol. The summed E-state index contributed by atoms with van der Waals surface area (Å²) in [5.74, 6) is 0.894. The lowest BCUT2D eigenvalue weighted by molar-refractivity contribution is 0.432. The Bertz CT molecular complexity index is 761. The third-order valence-electron chi connectivity index (χ3n) is 2.61. The fourth-order valence-corrected chi connectivity index (χ4v) is 1.78. The molecule has 2 aromatic heterocycles. The molecule has 0 N–H and O–H groups in total. The van der Waals surface area contributed by atoms with E-state index in [4.69, 9.17) is 4.52 Å². The smallest absolute Gasteiger partial charge is 0.258 e. The fraction of sp³-hybridized carbons (Fsp3) is 0. The van der Waals surface area contributed by atoms with Gasteiger partial charge in [0.1, 0.15) is 5.69 Å². The Balaban J connectivity index is 1.92. The zero-order valence-electron chi connectivity index (χ0n) is 10.2. The summed E-state index contributed by atoms with van der Waals surface area (Å²) in [6, 6.07) is 12.8. The van der Waals surface area contributed by atoms with Crippen LogP contribution < -0.4 is 0 Å². The summed E-state index contributed by atoms with van der Waals surface area (Å²) in [7, 11) is 0. The van der Waals surface area contributed by atoms with E-state index in [0.717, 1.165) is 11.3 Å². The van der Waals surface area contributed by atoms with Crippen molar-refractivity contribution in [2.45, 2.75) is 0 Å². The van der Waals surface area contributed by atoms with E-state index in [1.54, 1.807) is 18.3 Å². The van der Waals surface area contributed by atoms with Gasteiger partial charge in [-0.25, -0.2) is 0 Å². The summed E-state index contributed by atoms with van der Waals surface area (Å²) in [4.78, 5) is 12.4. The molecule has 2 heterocycles. The number of thiocarbonyl (C=S) groups is 1. The van der Waals surface area contributed by atoms with Gasteiger partial charge in [-0.2, -0.15) is 9.98 Å². The van der Waals surface area contributed by atoms with Gasteiger partial charge in [-0.15, -0.1) is 0 Å². The summed E-state index contributed by atoms with van der Waals surface area (Å²) in [5, 5.41) is 6.24. The molecule has 0 unspecified atom stereocenters. The molecule has 0 radical (unpaired) electrons. The van der Waals surface area contributed by atoms with Crippen LogP contribution >= 0.6 is 12.2 Å². The molecule has 5 nitrogen and oxygen atoms in total. The van der Waals surface area contributed by atoms with Crippen molar-refractivity contribution in [1.29, 1.82) is 0 Å². The zero-order valence-corrected chi connectivity index (χ0v) is 11.0. The largest absolute Gasteiger partial charge is 0.334 e. The first kappa shape index (κ1) is 12.3. The van der Waals surface area contributed by atoms with Gasteiger partial charge in [0.05, 0.1) is 10.8 Å². The second-order valence-corrected chi connectivity index (χ2v) is 4.07. The molecule has 0 fully saturated rings. The van der Waals surface area contributed by atoms with E-state index in [0.29, 0.717) is 17.4 Å². The van der Waals surface area contributed by atoms with Crippen LogP contribution in [0.4, 0.5) is 5.69 Å². The van der Waals surface area contributed by atoms with Crippen molar-refractivity contribution in [2.24, 2.45) is 4.99 Å². The normalized spacial score (nSPS) is 10.0. The molecule has 6 heteroatoms. The highest BCUT2D eigenvalue weighted by Crippen LogP contribution is 2.23. The number of hydrogen-bond acceptors (Lipinski definition) is 6. The molecular formula is C14H8N4OS. The van der Waals surface area contributed by atoms with Crippen LogP contribution in [0.15, 0.2) is 58.2 Å². The van der Waals surface area contributed by atoms with E-state index in [1.165, 1.54) is 0 Å². The van der Waals surface area contributed by atoms with Crippen molar-refractivity contribution in [3.8, 4) is 23.0 Å². The molecule has 0 aliphatic heterocycles. The van der Waals surface area contributed by atoms with E-state index >= 15 is 0 Å². The number of benzene rings is 1. The zero-order chi connectivity index (χ0) is 13.8. The molecule has 0 aliphatic carbocycles. The minimum atomic E-state index is 0.434. The van der Waals surface area contributed by atoms with Crippen LogP contribution in [0.25, 0.3) is 23.0 Å². The third-order valence-corrected chi connectivity index (χ3v) is 2.70. The Morgan fingerprint density at radius 3 is 2.65 bits per heavy atom. The maximum absolute atomic E-state index is 5.24. The number of hydrogen-bond donors (Lipinski definition) is 0. The fourth-order valence-electron chi connectivity index (χ4n) is 1.67. The summed E-state index contributed by atoms with van der Waals surface area (Å²) in [6.45, 7) is 0. The van der Waals surface area contributed by atoms with Gasteiger partial charge in [0, 0.05) is 11.8 Å². The average Bonchev–Trinajstić information content (AvgIpc) is 2.99. The monoisotopic (exact) mass is 280 g/mol. The SMILES string of the molecule is S=C=Nc1ccc(-c2nc(-c3ccccn3)no2)cc1. The van der Waals surface area contributed by atoms with E-state index in [9.17, 15) is 0 Å². The predicted molar refractivity (Wildman–Crippen MR) is 77.7 cm³/mol. The van der Waals surface area contributed by atoms with Gasteiger partial charge in [0.15, 0.2) is 0 Å². The quantitative estimate of drug-likeness (QED) is 0.542. The van der Waals surface area contributed by atoms with Gasteiger partial charge in [-0.1, -0.05) is 11.2 Å². The molecule has 0 bridgehead atoms. The maximum Gasteiger partial charge on any atom is 0.258 e. The highest BCUT2D eigenvalue weighted by atomic mass is 32.1. The molecule has 1 aromatic carbocycles. The predicted octanol–water partition coefficient (Wildman–Crippen LogP) is 3.53.